The first-order chi connectivity index (χ1) is 18.5. The molecule has 0 N–H and O–H groups in total. The van der Waals surface area contributed by atoms with Crippen LogP contribution >= 0.6 is 23.0 Å². The van der Waals surface area contributed by atoms with E-state index < -0.39 is 11.6 Å². The van der Waals surface area contributed by atoms with Gasteiger partial charge in [-0.1, -0.05) is 37.3 Å². The van der Waals surface area contributed by atoms with Gasteiger partial charge in [0.25, 0.3) is 0 Å². The summed E-state index contributed by atoms with van der Waals surface area (Å²) in [5, 5.41) is 0. The van der Waals surface area contributed by atoms with E-state index in [1.807, 2.05) is 6.92 Å². The number of carbonyl (C=O) groups excluding carboxylic acids is 2. The summed E-state index contributed by atoms with van der Waals surface area (Å²) in [7, 11) is 0. The van der Waals surface area contributed by atoms with Gasteiger partial charge in [0.1, 0.15) is 5.60 Å². The Kier molecular flexibility index (Phi) is 10.8. The summed E-state index contributed by atoms with van der Waals surface area (Å²) in [6.07, 6.45) is 6.67. The molecule has 2 saturated heterocycles. The van der Waals surface area contributed by atoms with E-state index in [1.165, 1.54) is 11.1 Å². The molecule has 0 radical (unpaired) electrons. The molecule has 0 saturated carbocycles. The summed E-state index contributed by atoms with van der Waals surface area (Å²) in [5.74, 6) is -0.415. The molecule has 1 atom stereocenters. The number of halogens is 1. The Labute approximate surface area is 247 Å². The number of amides is 1. The Bertz CT molecular complexity index is 1130. The molecule has 1 aromatic rings. The van der Waals surface area contributed by atoms with Gasteiger partial charge in [-0.05, 0) is 69.5 Å². The first kappa shape index (κ1) is 30.9. The fourth-order valence-corrected chi connectivity index (χ4v) is 5.15. The molecule has 1 aromatic carbocycles. The summed E-state index contributed by atoms with van der Waals surface area (Å²) in [6.45, 7) is 23.1. The molecule has 0 bridgehead atoms. The maximum atomic E-state index is 12.8. The molecule has 2 heterocycles. The minimum atomic E-state index is -0.506. The highest BCUT2D eigenvalue weighted by Crippen LogP contribution is 2.36. The molecule has 7 nitrogen and oxygen atoms in total. The Morgan fingerprint density at radius 3 is 2.41 bits per heavy atom. The minimum Gasteiger partial charge on any atom is -0.441 e. The molecule has 2 aliphatic rings. The lowest BCUT2D eigenvalue weighted by Crippen LogP contribution is -2.47. The summed E-state index contributed by atoms with van der Waals surface area (Å²) < 4.78 is 10.7. The van der Waals surface area contributed by atoms with Crippen molar-refractivity contribution in [3.05, 3.63) is 77.6 Å². The second-order valence-corrected chi connectivity index (χ2v) is 11.2. The highest BCUT2D eigenvalue weighted by molar-refractivity contribution is 14.1. The third-order valence-corrected chi connectivity index (χ3v) is 8.32. The maximum Gasteiger partial charge on any atom is 0.415 e. The lowest BCUT2D eigenvalue weighted by atomic mass is 9.90. The van der Waals surface area contributed by atoms with Crippen molar-refractivity contribution >= 4 is 40.8 Å². The second-order valence-electron chi connectivity index (χ2n) is 10.8. The van der Waals surface area contributed by atoms with Crippen LogP contribution in [0.2, 0.25) is 0 Å². The molecule has 3 rings (SSSR count). The van der Waals surface area contributed by atoms with Crippen LogP contribution in [0.25, 0.3) is 0 Å². The number of carbonyl (C=O) groups is 2. The highest BCUT2D eigenvalue weighted by atomic mass is 127. The Hall–Kier alpha value is -2.59. The van der Waals surface area contributed by atoms with Crippen molar-refractivity contribution < 1.29 is 17.4 Å². The van der Waals surface area contributed by atoms with Crippen LogP contribution in [0.15, 0.2) is 72.0 Å². The predicted molar refractivity (Wildman–Crippen MR) is 166 cm³/mol. The third kappa shape index (κ3) is 7.75. The van der Waals surface area contributed by atoms with Gasteiger partial charge in [-0.15, -0.1) is 0 Å². The van der Waals surface area contributed by atoms with Crippen LogP contribution in [0.5, 0.6) is 0 Å². The zero-order valence-electron chi connectivity index (χ0n) is 24.0. The van der Waals surface area contributed by atoms with Crippen LogP contribution < -0.4 is 4.90 Å². The van der Waals surface area contributed by atoms with Gasteiger partial charge in [-0.3, -0.25) is 9.80 Å². The summed E-state index contributed by atoms with van der Waals surface area (Å²) in [5.41, 5.74) is 5.12. The van der Waals surface area contributed by atoms with Gasteiger partial charge in [0.05, 0.1) is 12.1 Å². The number of benzene rings is 1. The zero-order chi connectivity index (χ0) is 28.7. The number of hydrogen-bond acceptors (Lipinski definition) is 6. The standard InChI is InChI=1S/C31H42IN3O4/c1-8-23(5)18-34(24(6)9-2)20-27(25(7)22(3)4)19-33-16-14-31(15-17-33)21-35(30(37)38-31)28-12-10-26(11-13-28)29(36)39-32/h8,10-13,20,24H,3,7,9,14-19,21H2,1-2,4-6H3/b23-8-,27-20-. The number of nitrogens with zero attached hydrogens (tertiary/aromatic N) is 3. The van der Waals surface area contributed by atoms with Gasteiger partial charge in [0, 0.05) is 56.9 Å². The van der Waals surface area contributed by atoms with Crippen molar-refractivity contribution in [2.45, 2.75) is 65.5 Å². The van der Waals surface area contributed by atoms with Crippen molar-refractivity contribution in [3.8, 4) is 0 Å². The van der Waals surface area contributed by atoms with E-state index in [9.17, 15) is 9.59 Å². The molecule has 1 unspecified atom stereocenters. The molecule has 2 aliphatic heterocycles. The fraction of sp³-hybridized carbons (Fsp3) is 0.484. The quantitative estimate of drug-likeness (QED) is 0.146. The van der Waals surface area contributed by atoms with Crippen LogP contribution in [0, 0.1) is 0 Å². The van der Waals surface area contributed by atoms with Crippen LogP contribution in [0.4, 0.5) is 10.5 Å². The van der Waals surface area contributed by atoms with E-state index in [-0.39, 0.29) is 6.09 Å². The Balaban J connectivity index is 1.70. The van der Waals surface area contributed by atoms with E-state index in [2.05, 4.69) is 62.9 Å². The molecular formula is C31H42IN3O4. The van der Waals surface area contributed by atoms with E-state index in [1.54, 1.807) is 52.2 Å². The lowest BCUT2D eigenvalue weighted by Gasteiger charge is -2.38. The van der Waals surface area contributed by atoms with E-state index in [4.69, 9.17) is 7.80 Å². The van der Waals surface area contributed by atoms with Crippen LogP contribution in [0.1, 0.15) is 64.2 Å². The SMILES string of the molecule is C=C(C)C(=C)/C(=C\N(C/C(C)=C\C)C(C)CC)CN1CCC2(CC1)CN(c1ccc(C(=O)OI)cc1)C(=O)O2. The van der Waals surface area contributed by atoms with E-state index in [0.29, 0.717) is 23.8 Å². The van der Waals surface area contributed by atoms with E-state index in [0.717, 1.165) is 56.6 Å². The molecule has 0 aromatic heterocycles. The molecule has 1 amide bonds. The first-order valence-electron chi connectivity index (χ1n) is 13.6. The summed E-state index contributed by atoms with van der Waals surface area (Å²) in [4.78, 5) is 31.1. The van der Waals surface area contributed by atoms with Gasteiger partial charge in [-0.25, -0.2) is 9.59 Å². The summed E-state index contributed by atoms with van der Waals surface area (Å²) in [6, 6.07) is 7.26. The van der Waals surface area contributed by atoms with Crippen LogP contribution in [0.3, 0.4) is 0 Å². The predicted octanol–water partition coefficient (Wildman–Crippen LogP) is 7.07. The second kappa shape index (κ2) is 13.7. The number of piperidine rings is 1. The summed E-state index contributed by atoms with van der Waals surface area (Å²) >= 11 is 1.57. The maximum absolute atomic E-state index is 12.8. The van der Waals surface area contributed by atoms with Crippen molar-refractivity contribution in [2.24, 2.45) is 0 Å². The molecule has 2 fully saturated rings. The smallest absolute Gasteiger partial charge is 0.415 e. The molecule has 212 valence electrons. The fourth-order valence-electron chi connectivity index (χ4n) is 4.89. The zero-order valence-corrected chi connectivity index (χ0v) is 26.1. The topological polar surface area (TPSA) is 62.3 Å². The largest absolute Gasteiger partial charge is 0.441 e. The van der Waals surface area contributed by atoms with Crippen LogP contribution in [-0.2, 0) is 7.80 Å². The lowest BCUT2D eigenvalue weighted by molar-refractivity contribution is 0.00307. The van der Waals surface area contributed by atoms with Crippen molar-refractivity contribution in [2.75, 3.05) is 37.6 Å². The monoisotopic (exact) mass is 647 g/mol. The number of ether oxygens (including phenoxy) is 1. The molecular weight excluding hydrogens is 605 g/mol. The van der Waals surface area contributed by atoms with Crippen molar-refractivity contribution in [1.82, 2.24) is 9.80 Å². The minimum absolute atomic E-state index is 0.340. The molecule has 39 heavy (non-hydrogen) atoms. The Morgan fingerprint density at radius 2 is 1.87 bits per heavy atom. The molecule has 1 spiro atoms. The van der Waals surface area contributed by atoms with Gasteiger partial charge < -0.3 is 12.7 Å². The number of hydrogen-bond donors (Lipinski definition) is 0. The van der Waals surface area contributed by atoms with Crippen molar-refractivity contribution in [3.63, 3.8) is 0 Å². The molecule has 8 heteroatoms. The Morgan fingerprint density at radius 1 is 1.23 bits per heavy atom. The number of likely N-dealkylation sites (tertiary alicyclic amines) is 1. The first-order valence-corrected chi connectivity index (χ1v) is 14.5. The van der Waals surface area contributed by atoms with Gasteiger partial charge in [0.15, 0.2) is 23.0 Å². The van der Waals surface area contributed by atoms with Gasteiger partial charge in [0.2, 0.25) is 0 Å². The van der Waals surface area contributed by atoms with Crippen molar-refractivity contribution in [1.29, 1.82) is 0 Å². The average molecular weight is 648 g/mol. The van der Waals surface area contributed by atoms with Gasteiger partial charge in [-0.2, -0.15) is 0 Å². The third-order valence-electron chi connectivity index (χ3n) is 7.92. The van der Waals surface area contributed by atoms with E-state index >= 15 is 0 Å². The number of rotatable bonds is 11. The molecule has 0 aliphatic carbocycles. The van der Waals surface area contributed by atoms with Gasteiger partial charge >= 0.3 is 12.1 Å². The average Bonchev–Trinajstić information content (AvgIpc) is 3.27. The number of anilines is 1. The normalized spacial score (nSPS) is 18.6. The number of allylic oxidation sites excluding steroid dienone is 2. The van der Waals surface area contributed by atoms with Crippen LogP contribution in [-0.4, -0.2) is 66.2 Å². The highest BCUT2D eigenvalue weighted by Gasteiger charge is 2.47.